The topological polar surface area (TPSA) is 66.9 Å². The van der Waals surface area contributed by atoms with Gasteiger partial charge in [-0.3, -0.25) is 0 Å². The van der Waals surface area contributed by atoms with E-state index in [-0.39, 0.29) is 0 Å². The van der Waals surface area contributed by atoms with Crippen molar-refractivity contribution < 1.29 is 9.47 Å². The van der Waals surface area contributed by atoms with Crippen LogP contribution in [0.5, 0.6) is 5.75 Å². The number of benzene rings is 1. The number of hydrogen-bond donors (Lipinski definition) is 0. The molecule has 0 saturated heterocycles. The lowest BCUT2D eigenvalue weighted by molar-refractivity contribution is -0.577. The zero-order valence-electron chi connectivity index (χ0n) is 10.1. The monoisotopic (exact) mass is 256 g/mol. The number of nitrogens with zero attached hydrogens (tertiary/aromatic N) is 4. The molecule has 0 N–H and O–H groups in total. The maximum Gasteiger partial charge on any atom is 0.223 e. The van der Waals surface area contributed by atoms with E-state index in [1.165, 1.54) is 6.20 Å². The van der Waals surface area contributed by atoms with Crippen molar-refractivity contribution in [3.05, 3.63) is 54.1 Å². The average Bonchev–Trinajstić information content (AvgIpc) is 2.92. The van der Waals surface area contributed by atoms with Gasteiger partial charge >= 0.3 is 0 Å². The molecule has 0 unspecified atom stereocenters. The SMILES string of the molecule is [O-][n+]1cccc2cc(OCCn3ccnn3)ccc21. The Bertz CT molecular complexity index is 682. The Hall–Kier alpha value is -2.63. The molecular formula is C13H12N4O2. The molecule has 0 saturated carbocycles. The zero-order valence-corrected chi connectivity index (χ0v) is 10.1. The van der Waals surface area contributed by atoms with Crippen molar-refractivity contribution in [2.75, 3.05) is 6.61 Å². The van der Waals surface area contributed by atoms with E-state index in [1.54, 1.807) is 35.3 Å². The van der Waals surface area contributed by atoms with Gasteiger partial charge in [0.2, 0.25) is 5.52 Å². The molecule has 0 spiro atoms. The molecule has 0 aliphatic carbocycles. The number of pyridine rings is 1. The van der Waals surface area contributed by atoms with Gasteiger partial charge in [-0.15, -0.1) is 5.10 Å². The predicted octanol–water partition coefficient (Wildman–Crippen LogP) is 1.14. The largest absolute Gasteiger partial charge is 0.618 e. The second kappa shape index (κ2) is 4.93. The van der Waals surface area contributed by atoms with Crippen LogP contribution in [0.3, 0.4) is 0 Å². The lowest BCUT2D eigenvalue weighted by Gasteiger charge is -2.07. The van der Waals surface area contributed by atoms with E-state index in [9.17, 15) is 5.21 Å². The van der Waals surface area contributed by atoms with Gasteiger partial charge in [0.1, 0.15) is 12.4 Å². The van der Waals surface area contributed by atoms with Gasteiger partial charge in [0, 0.05) is 18.3 Å². The Balaban J connectivity index is 1.71. The Morgan fingerprint density at radius 1 is 1.32 bits per heavy atom. The highest BCUT2D eigenvalue weighted by Gasteiger charge is 2.04. The van der Waals surface area contributed by atoms with Crippen molar-refractivity contribution in [1.82, 2.24) is 15.0 Å². The van der Waals surface area contributed by atoms with Crippen LogP contribution in [0.15, 0.2) is 48.9 Å². The van der Waals surface area contributed by atoms with Crippen molar-refractivity contribution in [3.63, 3.8) is 0 Å². The third-order valence-corrected chi connectivity index (χ3v) is 2.79. The molecule has 96 valence electrons. The molecule has 0 aliphatic rings. The summed E-state index contributed by atoms with van der Waals surface area (Å²) in [5.41, 5.74) is 0.631. The molecule has 3 aromatic rings. The molecule has 2 aromatic heterocycles. The first-order valence-electron chi connectivity index (χ1n) is 5.92. The lowest BCUT2D eigenvalue weighted by atomic mass is 10.2. The average molecular weight is 256 g/mol. The van der Waals surface area contributed by atoms with Crippen LogP contribution < -0.4 is 9.47 Å². The summed E-state index contributed by atoms with van der Waals surface area (Å²) in [6.07, 6.45) is 4.89. The highest BCUT2D eigenvalue weighted by atomic mass is 16.5. The van der Waals surface area contributed by atoms with E-state index in [0.717, 1.165) is 15.9 Å². The summed E-state index contributed by atoms with van der Waals surface area (Å²) in [7, 11) is 0. The van der Waals surface area contributed by atoms with Gasteiger partial charge in [0.25, 0.3) is 0 Å². The van der Waals surface area contributed by atoms with Crippen LogP contribution in [0, 0.1) is 5.21 Å². The fourth-order valence-electron chi connectivity index (χ4n) is 1.87. The maximum atomic E-state index is 11.5. The van der Waals surface area contributed by atoms with Crippen LogP contribution in [0.2, 0.25) is 0 Å². The second-order valence-electron chi connectivity index (χ2n) is 4.07. The van der Waals surface area contributed by atoms with E-state index in [2.05, 4.69) is 10.3 Å². The van der Waals surface area contributed by atoms with E-state index in [4.69, 9.17) is 4.74 Å². The number of hydrogen-bond acceptors (Lipinski definition) is 4. The van der Waals surface area contributed by atoms with Gasteiger partial charge in [-0.25, -0.2) is 4.68 Å². The number of ether oxygens (including phenoxy) is 1. The Morgan fingerprint density at radius 2 is 2.26 bits per heavy atom. The molecule has 0 fully saturated rings. The molecule has 6 heteroatoms. The fourth-order valence-corrected chi connectivity index (χ4v) is 1.87. The summed E-state index contributed by atoms with van der Waals surface area (Å²) in [5.74, 6) is 0.735. The third-order valence-electron chi connectivity index (χ3n) is 2.79. The first-order chi connectivity index (χ1) is 9.33. The number of aromatic nitrogens is 4. The normalized spacial score (nSPS) is 10.7. The molecule has 0 amide bonds. The molecule has 19 heavy (non-hydrogen) atoms. The van der Waals surface area contributed by atoms with Crippen LogP contribution in [-0.2, 0) is 6.54 Å². The molecule has 2 heterocycles. The van der Waals surface area contributed by atoms with Crippen LogP contribution in [0.1, 0.15) is 0 Å². The summed E-state index contributed by atoms with van der Waals surface area (Å²) >= 11 is 0. The number of fused-ring (bicyclic) bond motifs is 1. The smallest absolute Gasteiger partial charge is 0.223 e. The third kappa shape index (κ3) is 2.47. The van der Waals surface area contributed by atoms with E-state index >= 15 is 0 Å². The second-order valence-corrected chi connectivity index (χ2v) is 4.07. The van der Waals surface area contributed by atoms with E-state index in [1.807, 2.05) is 12.1 Å². The van der Waals surface area contributed by atoms with Crippen molar-refractivity contribution >= 4 is 10.9 Å². The molecule has 0 atom stereocenters. The van der Waals surface area contributed by atoms with Gasteiger partial charge in [-0.2, -0.15) is 4.73 Å². The molecule has 0 radical (unpaired) electrons. The summed E-state index contributed by atoms with van der Waals surface area (Å²) < 4.78 is 8.17. The summed E-state index contributed by atoms with van der Waals surface area (Å²) in [6.45, 7) is 1.13. The van der Waals surface area contributed by atoms with Crippen LogP contribution in [0.25, 0.3) is 10.9 Å². The molecule has 0 aliphatic heterocycles. The van der Waals surface area contributed by atoms with E-state index < -0.39 is 0 Å². The fraction of sp³-hybridized carbons (Fsp3) is 0.154. The van der Waals surface area contributed by atoms with Gasteiger partial charge in [-0.05, 0) is 18.2 Å². The quantitative estimate of drug-likeness (QED) is 0.518. The summed E-state index contributed by atoms with van der Waals surface area (Å²) in [5, 5.41) is 19.9. The number of rotatable bonds is 4. The summed E-state index contributed by atoms with van der Waals surface area (Å²) in [4.78, 5) is 0. The van der Waals surface area contributed by atoms with Crippen molar-refractivity contribution in [2.45, 2.75) is 6.54 Å². The molecule has 0 bridgehead atoms. The lowest BCUT2D eigenvalue weighted by Crippen LogP contribution is -2.25. The van der Waals surface area contributed by atoms with Gasteiger partial charge in [0.05, 0.1) is 18.1 Å². The van der Waals surface area contributed by atoms with Crippen LogP contribution in [0.4, 0.5) is 0 Å². The minimum Gasteiger partial charge on any atom is -0.618 e. The van der Waals surface area contributed by atoms with Crippen LogP contribution in [-0.4, -0.2) is 21.6 Å². The van der Waals surface area contributed by atoms with Gasteiger partial charge in [0.15, 0.2) is 6.20 Å². The minimum atomic E-state index is 0.499. The van der Waals surface area contributed by atoms with Crippen LogP contribution >= 0.6 is 0 Å². The summed E-state index contributed by atoms with van der Waals surface area (Å²) in [6, 6.07) is 9.00. The first-order valence-corrected chi connectivity index (χ1v) is 5.92. The predicted molar refractivity (Wildman–Crippen MR) is 68.4 cm³/mol. The highest BCUT2D eigenvalue weighted by molar-refractivity contribution is 5.77. The Labute approximate surface area is 109 Å². The maximum absolute atomic E-state index is 11.5. The van der Waals surface area contributed by atoms with Crippen molar-refractivity contribution in [2.24, 2.45) is 0 Å². The molecule has 1 aromatic carbocycles. The van der Waals surface area contributed by atoms with Gasteiger partial charge in [-0.1, -0.05) is 5.21 Å². The Morgan fingerprint density at radius 3 is 3.11 bits per heavy atom. The standard InChI is InChI=1S/C13H12N4O2/c18-17-6-1-2-11-10-12(3-4-13(11)17)19-9-8-16-7-5-14-15-16/h1-7,10H,8-9H2. The zero-order chi connectivity index (χ0) is 13.1. The minimum absolute atomic E-state index is 0.499. The van der Waals surface area contributed by atoms with Gasteiger partial charge < -0.3 is 9.94 Å². The Kier molecular flexibility index (Phi) is 2.97. The highest BCUT2D eigenvalue weighted by Crippen LogP contribution is 2.18. The molecule has 3 rings (SSSR count). The van der Waals surface area contributed by atoms with E-state index in [0.29, 0.717) is 18.7 Å². The molecular weight excluding hydrogens is 244 g/mol. The first kappa shape index (κ1) is 11.5. The molecule has 6 nitrogen and oxygen atoms in total. The van der Waals surface area contributed by atoms with Crippen molar-refractivity contribution in [1.29, 1.82) is 0 Å². The van der Waals surface area contributed by atoms with Crippen molar-refractivity contribution in [3.8, 4) is 5.75 Å².